The maximum Gasteiger partial charge on any atom is 0.346 e. The van der Waals surface area contributed by atoms with E-state index in [4.69, 9.17) is 0 Å². The van der Waals surface area contributed by atoms with Gasteiger partial charge in [-0.05, 0) is 12.5 Å². The zero-order valence-electron chi connectivity index (χ0n) is 11.1. The molecule has 0 saturated heterocycles. The number of nitrogens with one attached hydrogen (secondary N) is 1. The second kappa shape index (κ2) is 5.65. The van der Waals surface area contributed by atoms with Crippen LogP contribution in [0.3, 0.4) is 0 Å². The van der Waals surface area contributed by atoms with Crippen LogP contribution in [0, 0.1) is 0 Å². The van der Waals surface area contributed by atoms with Crippen LogP contribution in [0.25, 0.3) is 10.9 Å². The van der Waals surface area contributed by atoms with Gasteiger partial charge in [0.2, 0.25) is 0 Å². The van der Waals surface area contributed by atoms with Crippen LogP contribution in [0.15, 0.2) is 29.1 Å². The molecule has 0 aliphatic rings. The predicted molar refractivity (Wildman–Crippen MR) is 74.2 cm³/mol. The average Bonchev–Trinajstić information content (AvgIpc) is 2.42. The van der Waals surface area contributed by atoms with Crippen LogP contribution in [0.4, 0.5) is 0 Å². The predicted octanol–water partition coefficient (Wildman–Crippen LogP) is 1.80. The van der Waals surface area contributed by atoms with Gasteiger partial charge in [-0.25, -0.2) is 4.79 Å². The van der Waals surface area contributed by atoms with Gasteiger partial charge in [0.1, 0.15) is 5.69 Å². The van der Waals surface area contributed by atoms with Gasteiger partial charge in [-0.2, -0.15) is 4.98 Å². The molecule has 2 aromatic rings. The van der Waals surface area contributed by atoms with Crippen LogP contribution < -0.4 is 5.69 Å². The third-order valence-corrected chi connectivity index (χ3v) is 3.03. The molecule has 1 N–H and O–H groups in total. The topological polar surface area (TPSA) is 66.1 Å². The lowest BCUT2D eigenvalue weighted by Crippen LogP contribution is -2.30. The zero-order valence-corrected chi connectivity index (χ0v) is 11.1. The Morgan fingerprint density at radius 2 is 2.11 bits per heavy atom. The Hall–Kier alpha value is -2.17. The number of hydrogen-bond donors (Lipinski definition) is 1. The molecule has 5 heteroatoms. The second-order valence-electron chi connectivity index (χ2n) is 4.52. The number of para-hydroxylation sites is 1. The van der Waals surface area contributed by atoms with Crippen LogP contribution in [-0.2, 0) is 0 Å². The zero-order chi connectivity index (χ0) is 13.8. The van der Waals surface area contributed by atoms with Crippen molar-refractivity contribution in [1.82, 2.24) is 14.9 Å². The number of fused-ring (bicyclic) bond motifs is 1. The molecule has 0 aliphatic carbocycles. The number of carbonyl (C=O) groups excluding carboxylic acids is 1. The van der Waals surface area contributed by atoms with Crippen LogP contribution in [-0.4, -0.2) is 34.4 Å². The largest absolute Gasteiger partial charge is 0.346 e. The average molecular weight is 259 g/mol. The third kappa shape index (κ3) is 2.81. The van der Waals surface area contributed by atoms with E-state index in [2.05, 4.69) is 16.9 Å². The fourth-order valence-electron chi connectivity index (χ4n) is 1.94. The number of hydrogen-bond acceptors (Lipinski definition) is 3. The van der Waals surface area contributed by atoms with Gasteiger partial charge in [0.05, 0.1) is 5.52 Å². The Balaban J connectivity index is 2.44. The smallest absolute Gasteiger partial charge is 0.340 e. The molecule has 1 aromatic carbocycles. The number of nitrogens with zero attached hydrogens (tertiary/aromatic N) is 2. The summed E-state index contributed by atoms with van der Waals surface area (Å²) in [5, 5.41) is 0.676. The standard InChI is InChI=1S/C14H17N3O2/c1-3-4-9-17(2)13(18)12-10-7-5-6-8-11(10)15-14(19)16-12/h5-8H,3-4,9H2,1-2H3,(H,15,16,19). The van der Waals surface area contributed by atoms with Crippen LogP contribution in [0.5, 0.6) is 0 Å². The molecule has 0 unspecified atom stereocenters. The fourth-order valence-corrected chi connectivity index (χ4v) is 1.94. The highest BCUT2D eigenvalue weighted by Crippen LogP contribution is 2.14. The normalized spacial score (nSPS) is 10.6. The van der Waals surface area contributed by atoms with E-state index in [0.717, 1.165) is 12.8 Å². The first-order chi connectivity index (χ1) is 9.13. The summed E-state index contributed by atoms with van der Waals surface area (Å²) in [7, 11) is 1.73. The summed E-state index contributed by atoms with van der Waals surface area (Å²) in [6, 6.07) is 7.19. The van der Waals surface area contributed by atoms with Gasteiger partial charge in [-0.15, -0.1) is 0 Å². The van der Waals surface area contributed by atoms with Crippen LogP contribution in [0.1, 0.15) is 30.3 Å². The summed E-state index contributed by atoms with van der Waals surface area (Å²) >= 11 is 0. The summed E-state index contributed by atoms with van der Waals surface area (Å²) in [6.45, 7) is 2.73. The fraction of sp³-hybridized carbons (Fsp3) is 0.357. The first kappa shape index (κ1) is 13.3. The quantitative estimate of drug-likeness (QED) is 0.910. The van der Waals surface area contributed by atoms with E-state index in [1.807, 2.05) is 12.1 Å². The van der Waals surface area contributed by atoms with Crippen molar-refractivity contribution in [3.8, 4) is 0 Å². The van der Waals surface area contributed by atoms with Crippen molar-refractivity contribution in [2.24, 2.45) is 0 Å². The first-order valence-corrected chi connectivity index (χ1v) is 6.38. The Kier molecular flexibility index (Phi) is 3.94. The van der Waals surface area contributed by atoms with Crippen molar-refractivity contribution in [3.05, 3.63) is 40.4 Å². The van der Waals surface area contributed by atoms with Gasteiger partial charge in [0.25, 0.3) is 5.91 Å². The van der Waals surface area contributed by atoms with Crippen molar-refractivity contribution in [2.75, 3.05) is 13.6 Å². The maximum atomic E-state index is 12.3. The van der Waals surface area contributed by atoms with Crippen LogP contribution >= 0.6 is 0 Å². The molecule has 5 nitrogen and oxygen atoms in total. The Labute approximate surface area is 111 Å². The number of rotatable bonds is 4. The second-order valence-corrected chi connectivity index (χ2v) is 4.52. The molecule has 100 valence electrons. The summed E-state index contributed by atoms with van der Waals surface area (Å²) in [5.74, 6) is -0.212. The molecule has 0 atom stereocenters. The van der Waals surface area contributed by atoms with Gasteiger partial charge in [-0.1, -0.05) is 31.5 Å². The molecule has 0 aliphatic heterocycles. The maximum absolute atomic E-state index is 12.3. The number of aromatic amines is 1. The molecule has 1 aromatic heterocycles. The highest BCUT2D eigenvalue weighted by atomic mass is 16.2. The van der Waals surface area contributed by atoms with Crippen molar-refractivity contribution >= 4 is 16.8 Å². The molecular formula is C14H17N3O2. The van der Waals surface area contributed by atoms with Crippen molar-refractivity contribution in [3.63, 3.8) is 0 Å². The van der Waals surface area contributed by atoms with E-state index in [9.17, 15) is 9.59 Å². The molecule has 19 heavy (non-hydrogen) atoms. The molecule has 0 spiro atoms. The minimum atomic E-state index is -0.494. The first-order valence-electron chi connectivity index (χ1n) is 6.38. The summed E-state index contributed by atoms with van der Waals surface area (Å²) < 4.78 is 0. The SMILES string of the molecule is CCCCN(C)C(=O)c1nc(=O)[nH]c2ccccc12. The van der Waals surface area contributed by atoms with Crippen molar-refractivity contribution < 1.29 is 4.79 Å². The molecule has 1 heterocycles. The van der Waals surface area contributed by atoms with Crippen molar-refractivity contribution in [1.29, 1.82) is 0 Å². The Morgan fingerprint density at radius 3 is 2.84 bits per heavy atom. The van der Waals surface area contributed by atoms with Gasteiger partial charge in [0, 0.05) is 19.0 Å². The van der Waals surface area contributed by atoms with E-state index >= 15 is 0 Å². The van der Waals surface area contributed by atoms with E-state index in [0.29, 0.717) is 17.4 Å². The minimum absolute atomic E-state index is 0.212. The monoisotopic (exact) mass is 259 g/mol. The van der Waals surface area contributed by atoms with Crippen LogP contribution in [0.2, 0.25) is 0 Å². The molecule has 0 radical (unpaired) electrons. The van der Waals surface area contributed by atoms with E-state index < -0.39 is 5.69 Å². The molecule has 1 amide bonds. The summed E-state index contributed by atoms with van der Waals surface area (Å²) in [5.41, 5.74) is 0.360. The summed E-state index contributed by atoms with van der Waals surface area (Å²) in [6.07, 6.45) is 1.95. The number of amides is 1. The van der Waals surface area contributed by atoms with Gasteiger partial charge >= 0.3 is 5.69 Å². The number of H-pyrrole nitrogens is 1. The molecule has 0 saturated carbocycles. The van der Waals surface area contributed by atoms with Gasteiger partial charge < -0.3 is 9.88 Å². The third-order valence-electron chi connectivity index (χ3n) is 3.03. The van der Waals surface area contributed by atoms with Gasteiger partial charge in [-0.3, -0.25) is 4.79 Å². The highest BCUT2D eigenvalue weighted by molar-refractivity contribution is 6.03. The highest BCUT2D eigenvalue weighted by Gasteiger charge is 2.16. The van der Waals surface area contributed by atoms with E-state index in [1.54, 1.807) is 24.1 Å². The Bertz CT molecular complexity index is 648. The van der Waals surface area contributed by atoms with E-state index in [1.165, 1.54) is 0 Å². The lowest BCUT2D eigenvalue weighted by atomic mass is 10.1. The van der Waals surface area contributed by atoms with Crippen molar-refractivity contribution in [2.45, 2.75) is 19.8 Å². The lowest BCUT2D eigenvalue weighted by Gasteiger charge is -2.16. The molecular weight excluding hydrogens is 242 g/mol. The molecule has 2 rings (SSSR count). The minimum Gasteiger partial charge on any atom is -0.340 e. The number of benzene rings is 1. The lowest BCUT2D eigenvalue weighted by molar-refractivity contribution is 0.0789. The number of aromatic nitrogens is 2. The Morgan fingerprint density at radius 1 is 1.37 bits per heavy atom. The number of carbonyl (C=O) groups is 1. The molecule has 0 fully saturated rings. The molecule has 0 bridgehead atoms. The number of unbranched alkanes of at least 4 members (excludes halogenated alkanes) is 1. The summed E-state index contributed by atoms with van der Waals surface area (Å²) in [4.78, 5) is 31.9. The van der Waals surface area contributed by atoms with E-state index in [-0.39, 0.29) is 11.6 Å². The van der Waals surface area contributed by atoms with Gasteiger partial charge in [0.15, 0.2) is 0 Å².